The second kappa shape index (κ2) is 5.83. The minimum absolute atomic E-state index is 0.267. The molecule has 2 N–H and O–H groups in total. The fourth-order valence-electron chi connectivity index (χ4n) is 2.59. The van der Waals surface area contributed by atoms with Crippen LogP contribution in [0.5, 0.6) is 0 Å². The minimum Gasteiger partial charge on any atom is -0.378 e. The maximum atomic E-state index is 4.00. The van der Waals surface area contributed by atoms with Crippen molar-refractivity contribution in [2.45, 2.75) is 19.9 Å². The van der Waals surface area contributed by atoms with Crippen molar-refractivity contribution in [1.82, 2.24) is 10.2 Å². The molecule has 0 aliphatic heterocycles. The Morgan fingerprint density at radius 3 is 2.67 bits per heavy atom. The number of nitrogens with zero attached hydrogens (tertiary/aromatic N) is 1. The number of nitrogens with one attached hydrogen (secondary N) is 2. The lowest BCUT2D eigenvalue weighted by molar-refractivity contribution is 0.874. The van der Waals surface area contributed by atoms with Crippen LogP contribution >= 0.6 is 0 Å². The standard InChI is InChI=1S/C18H19N3/c1-13-6-3-4-9-17(13)14(2)20-16-8-5-7-15(12-16)18-10-11-19-21-18/h3-12,14,20H,1-2H3,(H,19,21). The first-order valence-corrected chi connectivity index (χ1v) is 7.16. The summed E-state index contributed by atoms with van der Waals surface area (Å²) in [7, 11) is 0. The zero-order valence-corrected chi connectivity index (χ0v) is 12.3. The number of hydrogen-bond donors (Lipinski definition) is 2. The molecule has 1 atom stereocenters. The summed E-state index contributed by atoms with van der Waals surface area (Å²) in [6.07, 6.45) is 1.77. The summed E-state index contributed by atoms with van der Waals surface area (Å²) in [6.45, 7) is 4.33. The third kappa shape index (κ3) is 2.97. The molecule has 0 aliphatic carbocycles. The fraction of sp³-hybridized carbons (Fsp3) is 0.167. The molecule has 1 unspecified atom stereocenters. The van der Waals surface area contributed by atoms with E-state index in [0.717, 1.165) is 16.9 Å². The Hall–Kier alpha value is -2.55. The molecule has 3 aromatic rings. The van der Waals surface area contributed by atoms with Gasteiger partial charge in [0.2, 0.25) is 0 Å². The molecule has 0 saturated carbocycles. The van der Waals surface area contributed by atoms with E-state index < -0.39 is 0 Å². The third-order valence-electron chi connectivity index (χ3n) is 3.71. The molecule has 3 rings (SSSR count). The molecular formula is C18H19N3. The van der Waals surface area contributed by atoms with Gasteiger partial charge in [0, 0.05) is 23.5 Å². The Bertz CT molecular complexity index is 717. The van der Waals surface area contributed by atoms with Crippen molar-refractivity contribution >= 4 is 5.69 Å². The van der Waals surface area contributed by atoms with Crippen molar-refractivity contribution in [3.05, 3.63) is 71.9 Å². The van der Waals surface area contributed by atoms with Crippen LogP contribution in [-0.2, 0) is 0 Å². The fourth-order valence-corrected chi connectivity index (χ4v) is 2.59. The molecular weight excluding hydrogens is 258 g/mol. The number of hydrogen-bond acceptors (Lipinski definition) is 2. The lowest BCUT2D eigenvalue weighted by Crippen LogP contribution is -2.08. The number of aromatic amines is 1. The minimum atomic E-state index is 0.267. The Labute approximate surface area is 125 Å². The van der Waals surface area contributed by atoms with Crippen LogP contribution in [0.1, 0.15) is 24.1 Å². The first-order chi connectivity index (χ1) is 10.2. The second-order valence-corrected chi connectivity index (χ2v) is 5.27. The smallest absolute Gasteiger partial charge is 0.0650 e. The molecule has 0 bridgehead atoms. The molecule has 1 aromatic heterocycles. The Morgan fingerprint density at radius 2 is 1.90 bits per heavy atom. The molecule has 0 saturated heterocycles. The third-order valence-corrected chi connectivity index (χ3v) is 3.71. The predicted molar refractivity (Wildman–Crippen MR) is 87.2 cm³/mol. The van der Waals surface area contributed by atoms with E-state index in [-0.39, 0.29) is 6.04 Å². The van der Waals surface area contributed by atoms with Gasteiger partial charge >= 0.3 is 0 Å². The SMILES string of the molecule is Cc1ccccc1C(C)Nc1cccc(-c2ccn[nH]2)c1. The van der Waals surface area contributed by atoms with Gasteiger partial charge in [-0.15, -0.1) is 0 Å². The molecule has 3 heteroatoms. The van der Waals surface area contributed by atoms with E-state index in [4.69, 9.17) is 0 Å². The van der Waals surface area contributed by atoms with Crippen molar-refractivity contribution in [3.8, 4) is 11.3 Å². The van der Waals surface area contributed by atoms with Crippen LogP contribution in [0.4, 0.5) is 5.69 Å². The van der Waals surface area contributed by atoms with Gasteiger partial charge in [0.15, 0.2) is 0 Å². The first-order valence-electron chi connectivity index (χ1n) is 7.16. The van der Waals surface area contributed by atoms with Crippen molar-refractivity contribution in [2.24, 2.45) is 0 Å². The van der Waals surface area contributed by atoms with Gasteiger partial charge in [0.25, 0.3) is 0 Å². The van der Waals surface area contributed by atoms with Crippen molar-refractivity contribution in [2.75, 3.05) is 5.32 Å². The number of aromatic nitrogens is 2. The second-order valence-electron chi connectivity index (χ2n) is 5.27. The number of anilines is 1. The zero-order chi connectivity index (χ0) is 14.7. The Kier molecular flexibility index (Phi) is 3.73. The summed E-state index contributed by atoms with van der Waals surface area (Å²) in [5, 5.41) is 10.6. The van der Waals surface area contributed by atoms with Crippen LogP contribution in [-0.4, -0.2) is 10.2 Å². The molecule has 1 heterocycles. The van der Waals surface area contributed by atoms with Gasteiger partial charge in [-0.2, -0.15) is 5.10 Å². The van der Waals surface area contributed by atoms with Gasteiger partial charge in [-0.05, 0) is 43.2 Å². The maximum absolute atomic E-state index is 4.00. The average Bonchev–Trinajstić information content (AvgIpc) is 3.02. The van der Waals surface area contributed by atoms with Crippen molar-refractivity contribution < 1.29 is 0 Å². The van der Waals surface area contributed by atoms with E-state index in [1.54, 1.807) is 6.20 Å². The predicted octanol–water partition coefficient (Wildman–Crippen LogP) is 4.56. The monoisotopic (exact) mass is 277 g/mol. The van der Waals surface area contributed by atoms with Gasteiger partial charge in [-0.1, -0.05) is 36.4 Å². The number of aryl methyl sites for hydroxylation is 1. The van der Waals surface area contributed by atoms with E-state index in [1.165, 1.54) is 11.1 Å². The van der Waals surface area contributed by atoms with Crippen LogP contribution in [0.2, 0.25) is 0 Å². The van der Waals surface area contributed by atoms with Crippen LogP contribution in [0.15, 0.2) is 60.8 Å². The lowest BCUT2D eigenvalue weighted by atomic mass is 10.0. The van der Waals surface area contributed by atoms with Gasteiger partial charge in [-0.3, -0.25) is 5.10 Å². The quantitative estimate of drug-likeness (QED) is 0.734. The largest absolute Gasteiger partial charge is 0.378 e. The van der Waals surface area contributed by atoms with Crippen LogP contribution in [0.25, 0.3) is 11.3 Å². The highest BCUT2D eigenvalue weighted by atomic mass is 15.1. The summed E-state index contributed by atoms with van der Waals surface area (Å²) in [5.41, 5.74) is 5.90. The maximum Gasteiger partial charge on any atom is 0.0650 e. The molecule has 0 amide bonds. The summed E-state index contributed by atoms with van der Waals surface area (Å²) in [4.78, 5) is 0. The molecule has 0 fully saturated rings. The molecule has 3 nitrogen and oxygen atoms in total. The Morgan fingerprint density at radius 1 is 1.05 bits per heavy atom. The topological polar surface area (TPSA) is 40.7 Å². The van der Waals surface area contributed by atoms with E-state index in [0.29, 0.717) is 0 Å². The van der Waals surface area contributed by atoms with E-state index in [9.17, 15) is 0 Å². The van der Waals surface area contributed by atoms with Gasteiger partial charge < -0.3 is 5.32 Å². The normalized spacial score (nSPS) is 12.1. The van der Waals surface area contributed by atoms with E-state index in [2.05, 4.69) is 77.9 Å². The van der Waals surface area contributed by atoms with Gasteiger partial charge in [0.1, 0.15) is 0 Å². The number of H-pyrrole nitrogens is 1. The van der Waals surface area contributed by atoms with Gasteiger partial charge in [-0.25, -0.2) is 0 Å². The summed E-state index contributed by atoms with van der Waals surface area (Å²) in [5.74, 6) is 0. The zero-order valence-electron chi connectivity index (χ0n) is 12.3. The first kappa shape index (κ1) is 13.4. The summed E-state index contributed by atoms with van der Waals surface area (Å²) in [6, 6.07) is 19.1. The molecule has 0 spiro atoms. The van der Waals surface area contributed by atoms with Crippen molar-refractivity contribution in [1.29, 1.82) is 0 Å². The van der Waals surface area contributed by atoms with Gasteiger partial charge in [0.05, 0.1) is 5.69 Å². The molecule has 2 aromatic carbocycles. The summed E-state index contributed by atoms with van der Waals surface area (Å²) < 4.78 is 0. The molecule has 0 radical (unpaired) electrons. The number of rotatable bonds is 4. The number of benzene rings is 2. The highest BCUT2D eigenvalue weighted by molar-refractivity contribution is 5.65. The van der Waals surface area contributed by atoms with Crippen molar-refractivity contribution in [3.63, 3.8) is 0 Å². The summed E-state index contributed by atoms with van der Waals surface area (Å²) >= 11 is 0. The highest BCUT2D eigenvalue weighted by Crippen LogP contribution is 2.25. The van der Waals surface area contributed by atoms with E-state index in [1.807, 2.05) is 6.07 Å². The molecule has 21 heavy (non-hydrogen) atoms. The van der Waals surface area contributed by atoms with Crippen LogP contribution in [0, 0.1) is 6.92 Å². The van der Waals surface area contributed by atoms with Crippen LogP contribution < -0.4 is 5.32 Å². The molecule has 0 aliphatic rings. The van der Waals surface area contributed by atoms with E-state index >= 15 is 0 Å². The van der Waals surface area contributed by atoms with Crippen LogP contribution in [0.3, 0.4) is 0 Å². The lowest BCUT2D eigenvalue weighted by Gasteiger charge is -2.18. The average molecular weight is 277 g/mol. The Balaban J connectivity index is 1.82. The molecule has 106 valence electrons. The highest BCUT2D eigenvalue weighted by Gasteiger charge is 2.08.